The predicted octanol–water partition coefficient (Wildman–Crippen LogP) is 22.0. The fourth-order valence-electron chi connectivity index (χ4n) is 15.1. The van der Waals surface area contributed by atoms with E-state index in [9.17, 15) is 19.2 Å². The van der Waals surface area contributed by atoms with Gasteiger partial charge in [0, 0.05) is 51.9 Å². The highest BCUT2D eigenvalue weighted by Crippen LogP contribution is 2.38. The molecule has 566 valence electrons. The molecule has 2 rings (SSSR count). The molecule has 5 atom stereocenters. The number of likely N-dealkylation sites (N-methyl/N-ethyl adjacent to an activating group) is 2. The van der Waals surface area contributed by atoms with Crippen molar-refractivity contribution in [2.75, 3.05) is 93.8 Å². The lowest BCUT2D eigenvalue weighted by Crippen LogP contribution is -2.33. The summed E-state index contributed by atoms with van der Waals surface area (Å²) in [6.45, 7) is 19.6. The van der Waals surface area contributed by atoms with Crippen LogP contribution >= 0.6 is 0 Å². The van der Waals surface area contributed by atoms with Crippen molar-refractivity contribution in [2.24, 2.45) is 23.7 Å². The minimum Gasteiger partial charge on any atom is -0.466 e. The maximum absolute atomic E-state index is 13.2. The molecule has 0 saturated heterocycles. The van der Waals surface area contributed by atoms with Crippen molar-refractivity contribution in [1.82, 2.24) is 19.6 Å². The van der Waals surface area contributed by atoms with Gasteiger partial charge in [-0.3, -0.25) is 19.2 Å². The molecule has 2 aliphatic carbocycles. The molecule has 0 N–H and O–H groups in total. The molecule has 0 aliphatic heterocycles. The number of ether oxygens (including phenoxy) is 4. The fourth-order valence-corrected chi connectivity index (χ4v) is 15.1. The Morgan fingerprint density at radius 3 is 1.07 bits per heavy atom. The van der Waals surface area contributed by atoms with Gasteiger partial charge in [-0.25, -0.2) is 0 Å². The predicted molar refractivity (Wildman–Crippen MR) is 407 cm³/mol. The first-order valence-corrected chi connectivity index (χ1v) is 42.3. The normalized spacial score (nSPS) is 16.4. The Balaban J connectivity index is 1.51. The average Bonchev–Trinajstić information content (AvgIpc) is 1.49. The summed E-state index contributed by atoms with van der Waals surface area (Å²) in [6.07, 6.45) is 64.4. The molecule has 0 amide bonds. The van der Waals surface area contributed by atoms with Crippen LogP contribution in [0.3, 0.4) is 0 Å². The molecule has 0 spiro atoms. The van der Waals surface area contributed by atoms with E-state index in [1.54, 1.807) is 0 Å². The van der Waals surface area contributed by atoms with Crippen LogP contribution < -0.4 is 0 Å². The zero-order chi connectivity index (χ0) is 69.6. The van der Waals surface area contributed by atoms with Crippen molar-refractivity contribution >= 4 is 23.9 Å². The van der Waals surface area contributed by atoms with E-state index in [0.717, 1.165) is 148 Å². The molecule has 0 bridgehead atoms. The molecule has 0 aromatic carbocycles. The number of carbonyl (C=O) groups excluding carboxylic acids is 4. The number of carbonyl (C=O) groups is 4. The lowest BCUT2D eigenvalue weighted by Gasteiger charge is -2.33. The van der Waals surface area contributed by atoms with Gasteiger partial charge in [0.1, 0.15) is 12.2 Å². The molecule has 0 aromatic heterocycles. The van der Waals surface area contributed by atoms with Crippen molar-refractivity contribution in [2.45, 2.75) is 399 Å². The van der Waals surface area contributed by atoms with Gasteiger partial charge >= 0.3 is 23.9 Å². The number of esters is 4. The number of hydrogen-bond acceptors (Lipinski definition) is 12. The first-order valence-electron chi connectivity index (χ1n) is 42.3. The standard InChI is InChI=1S/C84H162N4O8/c1-9-12-36-54-79(53-14-11-3)95-83(91)58-42-29-21-17-25-33-46-66-88(71-69-86(7)8)67-47-34-26-18-22-30-43-59-84(92)96-80(55-37-13-10-2)61-60-75(4)78-52-48-51-77(74-78)63-73-94-82(90)57-41-28-20-16-24-32-45-65-87(70-68-85(5)6)64-44-31-23-15-19-27-40-56-81(89)93-72-62-76-49-38-35-39-50-76/h75-80H,9-74H2,1-8H3. The third-order valence-corrected chi connectivity index (χ3v) is 21.8. The fraction of sp³-hybridized carbons (Fsp3) is 0.952. The topological polar surface area (TPSA) is 118 Å². The Morgan fingerprint density at radius 2 is 0.677 bits per heavy atom. The van der Waals surface area contributed by atoms with Crippen LogP contribution in [-0.4, -0.2) is 149 Å². The van der Waals surface area contributed by atoms with E-state index >= 15 is 0 Å². The molecular weight excluding hydrogens is 1190 g/mol. The number of hydrogen-bond donors (Lipinski definition) is 0. The number of rotatable bonds is 69. The number of unbranched alkanes of at least 4 members (excludes halogenated alkanes) is 29. The van der Waals surface area contributed by atoms with Crippen LogP contribution in [-0.2, 0) is 38.1 Å². The second-order valence-electron chi connectivity index (χ2n) is 31.4. The highest BCUT2D eigenvalue weighted by molar-refractivity contribution is 5.70. The highest BCUT2D eigenvalue weighted by atomic mass is 16.6. The maximum atomic E-state index is 13.2. The molecule has 2 fully saturated rings. The van der Waals surface area contributed by atoms with Gasteiger partial charge in [0.2, 0.25) is 0 Å². The summed E-state index contributed by atoms with van der Waals surface area (Å²) in [5, 5.41) is 0. The Kier molecular flexibility index (Phi) is 60.6. The molecule has 5 unspecified atom stereocenters. The van der Waals surface area contributed by atoms with Crippen LogP contribution in [0.4, 0.5) is 0 Å². The van der Waals surface area contributed by atoms with E-state index in [2.05, 4.69) is 75.5 Å². The van der Waals surface area contributed by atoms with Crippen LogP contribution in [0.1, 0.15) is 387 Å². The van der Waals surface area contributed by atoms with Crippen molar-refractivity contribution < 1.29 is 38.1 Å². The molecule has 12 nitrogen and oxygen atoms in total. The summed E-state index contributed by atoms with van der Waals surface area (Å²) in [4.78, 5) is 60.7. The van der Waals surface area contributed by atoms with Crippen LogP contribution in [0.2, 0.25) is 0 Å². The third kappa shape index (κ3) is 55.4. The van der Waals surface area contributed by atoms with Gasteiger partial charge in [-0.15, -0.1) is 0 Å². The van der Waals surface area contributed by atoms with Crippen LogP contribution in [0, 0.1) is 23.7 Å². The second-order valence-corrected chi connectivity index (χ2v) is 31.4. The SMILES string of the molecule is CCCCCC(CCCC)OC(=O)CCCCCCCCCN(CCCCCCCCCC(=O)OC(CCCCC)CCC(C)C1CCCC(CCOC(=O)CCCCCCCCCN(CCCCCCCCCC(=O)OCCC2CCCCC2)CCN(C)C)C1)CCN(C)C. The Morgan fingerprint density at radius 1 is 0.333 bits per heavy atom. The Labute approximate surface area is 595 Å². The van der Waals surface area contributed by atoms with Crippen LogP contribution in [0.15, 0.2) is 0 Å². The summed E-state index contributed by atoms with van der Waals surface area (Å²) in [6, 6.07) is 0. The van der Waals surface area contributed by atoms with Crippen molar-refractivity contribution in [3.63, 3.8) is 0 Å². The first-order chi connectivity index (χ1) is 46.8. The molecule has 0 heterocycles. The molecule has 12 heteroatoms. The van der Waals surface area contributed by atoms with Crippen molar-refractivity contribution in [3.8, 4) is 0 Å². The Bertz CT molecular complexity index is 1760. The van der Waals surface area contributed by atoms with E-state index in [-0.39, 0.29) is 36.1 Å². The van der Waals surface area contributed by atoms with Crippen molar-refractivity contribution in [3.05, 3.63) is 0 Å². The van der Waals surface area contributed by atoms with Crippen LogP contribution in [0.5, 0.6) is 0 Å². The van der Waals surface area contributed by atoms with E-state index in [4.69, 9.17) is 18.9 Å². The van der Waals surface area contributed by atoms with Gasteiger partial charge in [-0.2, -0.15) is 0 Å². The third-order valence-electron chi connectivity index (χ3n) is 21.8. The summed E-state index contributed by atoms with van der Waals surface area (Å²) in [5.41, 5.74) is 0. The largest absolute Gasteiger partial charge is 0.466 e. The quantitative estimate of drug-likeness (QED) is 0.0328. The van der Waals surface area contributed by atoms with Gasteiger partial charge in [-0.1, -0.05) is 246 Å². The van der Waals surface area contributed by atoms with Crippen LogP contribution in [0.25, 0.3) is 0 Å². The monoisotopic (exact) mass is 1360 g/mol. The summed E-state index contributed by atoms with van der Waals surface area (Å²) in [7, 11) is 8.72. The first kappa shape index (κ1) is 89.8. The average molecular weight is 1360 g/mol. The zero-order valence-electron chi connectivity index (χ0n) is 65.2. The van der Waals surface area contributed by atoms with Gasteiger partial charge in [0.15, 0.2) is 0 Å². The second kappa shape index (κ2) is 64.8. The van der Waals surface area contributed by atoms with E-state index in [1.807, 2.05) is 0 Å². The maximum Gasteiger partial charge on any atom is 0.306 e. The van der Waals surface area contributed by atoms with Gasteiger partial charge in [0.25, 0.3) is 0 Å². The van der Waals surface area contributed by atoms with Gasteiger partial charge < -0.3 is 38.5 Å². The molecule has 0 aromatic rings. The van der Waals surface area contributed by atoms with Gasteiger partial charge in [-0.05, 0) is 194 Å². The smallest absolute Gasteiger partial charge is 0.306 e. The summed E-state index contributed by atoms with van der Waals surface area (Å²) in [5.74, 6) is 2.76. The van der Waals surface area contributed by atoms with Gasteiger partial charge in [0.05, 0.1) is 13.2 Å². The van der Waals surface area contributed by atoms with E-state index < -0.39 is 0 Å². The minimum atomic E-state index is -0.0105. The molecular formula is C84H162N4O8. The molecule has 2 aliphatic rings. The molecule has 0 radical (unpaired) electrons. The Hall–Kier alpha value is -2.28. The molecule has 96 heavy (non-hydrogen) atoms. The molecule has 2 saturated carbocycles. The lowest BCUT2D eigenvalue weighted by atomic mass is 9.73. The highest BCUT2D eigenvalue weighted by Gasteiger charge is 2.28. The van der Waals surface area contributed by atoms with E-state index in [0.29, 0.717) is 56.7 Å². The van der Waals surface area contributed by atoms with Crippen molar-refractivity contribution in [1.29, 1.82) is 0 Å². The van der Waals surface area contributed by atoms with E-state index in [1.165, 1.54) is 244 Å². The zero-order valence-corrected chi connectivity index (χ0v) is 65.2. The summed E-state index contributed by atoms with van der Waals surface area (Å²) < 4.78 is 23.5. The lowest BCUT2D eigenvalue weighted by molar-refractivity contribution is -0.151. The summed E-state index contributed by atoms with van der Waals surface area (Å²) >= 11 is 0. The number of nitrogens with zero attached hydrogens (tertiary/aromatic N) is 4. The minimum absolute atomic E-state index is 0.0101.